The SMILES string of the molecule is Cc1ccc(Br)c(OCc2ccccc2)c1C. The Morgan fingerprint density at radius 3 is 2.41 bits per heavy atom. The molecular formula is C15H15BrO. The van der Waals surface area contributed by atoms with Crippen LogP contribution in [0.5, 0.6) is 5.75 Å². The average molecular weight is 291 g/mol. The Bertz CT molecular complexity index is 506. The molecule has 0 saturated carbocycles. The predicted molar refractivity (Wildman–Crippen MR) is 74.4 cm³/mol. The van der Waals surface area contributed by atoms with Crippen LogP contribution < -0.4 is 4.74 Å². The first-order chi connectivity index (χ1) is 8.18. The summed E-state index contributed by atoms with van der Waals surface area (Å²) in [6.45, 7) is 4.78. The highest BCUT2D eigenvalue weighted by atomic mass is 79.9. The normalized spacial score (nSPS) is 10.3. The summed E-state index contributed by atoms with van der Waals surface area (Å²) in [5, 5.41) is 0. The summed E-state index contributed by atoms with van der Waals surface area (Å²) in [7, 11) is 0. The minimum absolute atomic E-state index is 0.601. The van der Waals surface area contributed by atoms with Crippen molar-refractivity contribution in [1.82, 2.24) is 0 Å². The monoisotopic (exact) mass is 290 g/mol. The lowest BCUT2D eigenvalue weighted by Crippen LogP contribution is -1.98. The van der Waals surface area contributed by atoms with Crippen LogP contribution in [0.2, 0.25) is 0 Å². The maximum Gasteiger partial charge on any atom is 0.137 e. The van der Waals surface area contributed by atoms with Gasteiger partial charge in [0.2, 0.25) is 0 Å². The lowest BCUT2D eigenvalue weighted by atomic mass is 10.1. The van der Waals surface area contributed by atoms with Crippen molar-refractivity contribution in [2.75, 3.05) is 0 Å². The predicted octanol–water partition coefficient (Wildman–Crippen LogP) is 4.64. The van der Waals surface area contributed by atoms with Crippen LogP contribution in [-0.2, 0) is 6.61 Å². The lowest BCUT2D eigenvalue weighted by molar-refractivity contribution is 0.302. The summed E-state index contributed by atoms with van der Waals surface area (Å²) in [6, 6.07) is 14.3. The van der Waals surface area contributed by atoms with Crippen LogP contribution in [0.4, 0.5) is 0 Å². The van der Waals surface area contributed by atoms with Crippen molar-refractivity contribution in [2.24, 2.45) is 0 Å². The Hall–Kier alpha value is -1.28. The highest BCUT2D eigenvalue weighted by Gasteiger charge is 2.07. The summed E-state index contributed by atoms with van der Waals surface area (Å²) in [5.74, 6) is 0.939. The van der Waals surface area contributed by atoms with Crippen LogP contribution in [0.3, 0.4) is 0 Å². The van der Waals surface area contributed by atoms with Crippen LogP contribution in [0.15, 0.2) is 46.9 Å². The van der Waals surface area contributed by atoms with E-state index in [1.807, 2.05) is 24.3 Å². The van der Waals surface area contributed by atoms with Gasteiger partial charge in [0.05, 0.1) is 4.47 Å². The molecule has 0 unspecified atom stereocenters. The van der Waals surface area contributed by atoms with Gasteiger partial charge in [0.1, 0.15) is 12.4 Å². The molecule has 0 aliphatic heterocycles. The average Bonchev–Trinajstić information content (AvgIpc) is 2.35. The van der Waals surface area contributed by atoms with Crippen molar-refractivity contribution in [3.05, 3.63) is 63.6 Å². The minimum Gasteiger partial charge on any atom is -0.487 e. The van der Waals surface area contributed by atoms with E-state index in [-0.39, 0.29) is 0 Å². The molecule has 1 nitrogen and oxygen atoms in total. The quantitative estimate of drug-likeness (QED) is 0.800. The van der Waals surface area contributed by atoms with Crippen molar-refractivity contribution in [2.45, 2.75) is 20.5 Å². The van der Waals surface area contributed by atoms with Gasteiger partial charge in [-0.1, -0.05) is 36.4 Å². The molecular weight excluding hydrogens is 276 g/mol. The van der Waals surface area contributed by atoms with E-state index in [0.717, 1.165) is 10.2 Å². The van der Waals surface area contributed by atoms with E-state index < -0.39 is 0 Å². The molecule has 2 aromatic rings. The molecule has 0 spiro atoms. The number of rotatable bonds is 3. The highest BCUT2D eigenvalue weighted by molar-refractivity contribution is 9.10. The van der Waals surface area contributed by atoms with E-state index in [0.29, 0.717) is 6.61 Å². The highest BCUT2D eigenvalue weighted by Crippen LogP contribution is 2.31. The van der Waals surface area contributed by atoms with Crippen molar-refractivity contribution in [3.63, 3.8) is 0 Å². The van der Waals surface area contributed by atoms with Crippen LogP contribution in [0.1, 0.15) is 16.7 Å². The zero-order chi connectivity index (χ0) is 12.3. The van der Waals surface area contributed by atoms with E-state index in [1.165, 1.54) is 16.7 Å². The second-order valence-corrected chi connectivity index (χ2v) is 4.95. The fourth-order valence-corrected chi connectivity index (χ4v) is 2.21. The number of hydrogen-bond acceptors (Lipinski definition) is 1. The summed E-state index contributed by atoms with van der Waals surface area (Å²) in [5.41, 5.74) is 3.62. The molecule has 2 rings (SSSR count). The van der Waals surface area contributed by atoms with Gasteiger partial charge < -0.3 is 4.74 Å². The van der Waals surface area contributed by atoms with Crippen molar-refractivity contribution in [3.8, 4) is 5.75 Å². The molecule has 0 radical (unpaired) electrons. The van der Waals surface area contributed by atoms with Gasteiger partial charge in [-0.25, -0.2) is 0 Å². The summed E-state index contributed by atoms with van der Waals surface area (Å²) in [4.78, 5) is 0. The van der Waals surface area contributed by atoms with E-state index in [1.54, 1.807) is 0 Å². The second-order valence-electron chi connectivity index (χ2n) is 4.09. The van der Waals surface area contributed by atoms with Crippen LogP contribution in [-0.4, -0.2) is 0 Å². The van der Waals surface area contributed by atoms with E-state index in [9.17, 15) is 0 Å². The van der Waals surface area contributed by atoms with Crippen LogP contribution in [0.25, 0.3) is 0 Å². The first-order valence-corrected chi connectivity index (χ1v) is 6.40. The second kappa shape index (κ2) is 5.37. The van der Waals surface area contributed by atoms with Gasteiger partial charge in [0.15, 0.2) is 0 Å². The van der Waals surface area contributed by atoms with Crippen LogP contribution >= 0.6 is 15.9 Å². The first-order valence-electron chi connectivity index (χ1n) is 5.61. The Kier molecular flexibility index (Phi) is 3.85. The number of halogens is 1. The van der Waals surface area contributed by atoms with Gasteiger partial charge >= 0.3 is 0 Å². The number of hydrogen-bond donors (Lipinski definition) is 0. The maximum absolute atomic E-state index is 5.89. The molecule has 0 heterocycles. The molecule has 2 aromatic carbocycles. The Labute approximate surface area is 111 Å². The summed E-state index contributed by atoms with van der Waals surface area (Å²) < 4.78 is 6.90. The van der Waals surface area contributed by atoms with Crippen LogP contribution in [0, 0.1) is 13.8 Å². The van der Waals surface area contributed by atoms with E-state index in [4.69, 9.17) is 4.74 Å². The zero-order valence-corrected chi connectivity index (χ0v) is 11.6. The molecule has 0 fully saturated rings. The molecule has 17 heavy (non-hydrogen) atoms. The molecule has 0 amide bonds. The first kappa shape index (κ1) is 12.2. The largest absolute Gasteiger partial charge is 0.487 e. The summed E-state index contributed by atoms with van der Waals surface area (Å²) in [6.07, 6.45) is 0. The number of aryl methyl sites for hydroxylation is 1. The van der Waals surface area contributed by atoms with E-state index >= 15 is 0 Å². The van der Waals surface area contributed by atoms with Gasteiger partial charge in [-0.15, -0.1) is 0 Å². The fourth-order valence-electron chi connectivity index (χ4n) is 1.66. The molecule has 2 heteroatoms. The molecule has 0 atom stereocenters. The molecule has 0 bridgehead atoms. The Balaban J connectivity index is 2.17. The minimum atomic E-state index is 0.601. The van der Waals surface area contributed by atoms with Gasteiger partial charge in [0.25, 0.3) is 0 Å². The van der Waals surface area contributed by atoms with Crippen molar-refractivity contribution >= 4 is 15.9 Å². The molecule has 88 valence electrons. The number of ether oxygens (including phenoxy) is 1. The topological polar surface area (TPSA) is 9.23 Å². The van der Waals surface area contributed by atoms with Gasteiger partial charge in [-0.2, -0.15) is 0 Å². The third-order valence-electron chi connectivity index (χ3n) is 2.85. The molecule has 0 aliphatic carbocycles. The van der Waals surface area contributed by atoms with Crippen molar-refractivity contribution < 1.29 is 4.74 Å². The molecule has 0 aromatic heterocycles. The van der Waals surface area contributed by atoms with Gasteiger partial charge in [-0.3, -0.25) is 0 Å². The fraction of sp³-hybridized carbons (Fsp3) is 0.200. The smallest absolute Gasteiger partial charge is 0.137 e. The van der Waals surface area contributed by atoms with Gasteiger partial charge in [-0.05, 0) is 52.5 Å². The molecule has 0 aliphatic rings. The van der Waals surface area contributed by atoms with Gasteiger partial charge in [0, 0.05) is 0 Å². The van der Waals surface area contributed by atoms with E-state index in [2.05, 4.69) is 48.0 Å². The lowest BCUT2D eigenvalue weighted by Gasteiger charge is -2.13. The summed E-state index contributed by atoms with van der Waals surface area (Å²) >= 11 is 3.53. The zero-order valence-electron chi connectivity index (χ0n) is 10.0. The molecule has 0 saturated heterocycles. The Morgan fingerprint density at radius 2 is 1.71 bits per heavy atom. The third kappa shape index (κ3) is 2.89. The maximum atomic E-state index is 5.89. The standard InChI is InChI=1S/C15H15BrO/c1-11-8-9-14(16)15(12(11)2)17-10-13-6-4-3-5-7-13/h3-9H,10H2,1-2H3. The van der Waals surface area contributed by atoms with Crippen molar-refractivity contribution in [1.29, 1.82) is 0 Å². The third-order valence-corrected chi connectivity index (χ3v) is 3.48. The number of benzene rings is 2. The Morgan fingerprint density at radius 1 is 1.00 bits per heavy atom. The molecule has 0 N–H and O–H groups in total.